The molecule has 0 N–H and O–H groups in total. The molecule has 0 saturated heterocycles. The molecule has 3 nitrogen and oxygen atoms in total. The first-order chi connectivity index (χ1) is 7.25. The summed E-state index contributed by atoms with van der Waals surface area (Å²) in [5.41, 5.74) is 1.46. The van der Waals surface area contributed by atoms with Crippen LogP contribution in [0.25, 0.3) is 0 Å². The Morgan fingerprint density at radius 3 is 1.62 bits per heavy atom. The third kappa shape index (κ3) is 3.71. The first-order valence-corrected chi connectivity index (χ1v) is 9.08. The Morgan fingerprint density at radius 2 is 1.38 bits per heavy atom. The van der Waals surface area contributed by atoms with Crippen molar-refractivity contribution in [2.75, 3.05) is 6.61 Å². The van der Waals surface area contributed by atoms with Crippen LogP contribution in [0.4, 0.5) is 0 Å². The van der Waals surface area contributed by atoms with E-state index < -0.39 is 18.6 Å². The Hall–Kier alpha value is -0.133. The quantitative estimate of drug-likeness (QED) is 0.547. The van der Waals surface area contributed by atoms with Gasteiger partial charge in [0.1, 0.15) is 0 Å². The molecule has 96 valence electrons. The van der Waals surface area contributed by atoms with Crippen LogP contribution < -0.4 is 0 Å². The minimum Gasteiger partial charge on any atom is -0.411 e. The zero-order valence-electron chi connectivity index (χ0n) is 11.1. The lowest BCUT2D eigenvalue weighted by molar-refractivity contribution is 0.332. The Kier molecular flexibility index (Phi) is 6.51. The van der Waals surface area contributed by atoms with Crippen LogP contribution >= 0.6 is 0 Å². The van der Waals surface area contributed by atoms with Crippen LogP contribution in [0.15, 0.2) is 0 Å². The Balaban J connectivity index is 4.98. The summed E-state index contributed by atoms with van der Waals surface area (Å²) in [4.78, 5) is 0. The van der Waals surface area contributed by atoms with Gasteiger partial charge in [0.05, 0.1) is 12.0 Å². The van der Waals surface area contributed by atoms with Crippen LogP contribution in [-0.2, 0) is 14.7 Å². The Morgan fingerprint density at radius 1 is 1.00 bits per heavy atom. The molecule has 0 atom stereocenters. The average molecular weight is 264 g/mol. The molecule has 0 rings (SSSR count). The van der Waals surface area contributed by atoms with E-state index in [1.807, 2.05) is 0 Å². The van der Waals surface area contributed by atoms with Gasteiger partial charge >= 0.3 is 0 Å². The van der Waals surface area contributed by atoms with Crippen molar-refractivity contribution >= 4 is 24.0 Å². The smallest absolute Gasteiger partial charge is 0.212 e. The molecular weight excluding hydrogens is 240 g/mol. The van der Waals surface area contributed by atoms with E-state index in [-0.39, 0.29) is 6.61 Å². The van der Waals surface area contributed by atoms with E-state index in [1.165, 1.54) is 5.37 Å². The first kappa shape index (κ1) is 15.9. The summed E-state index contributed by atoms with van der Waals surface area (Å²) in [7, 11) is -4.02. The fourth-order valence-electron chi connectivity index (χ4n) is 2.73. The lowest BCUT2D eigenvalue weighted by Gasteiger charge is -2.41. The maximum Gasteiger partial charge on any atom is 0.212 e. The van der Waals surface area contributed by atoms with E-state index in [9.17, 15) is 8.42 Å². The van der Waals surface area contributed by atoms with E-state index in [4.69, 9.17) is 4.43 Å². The highest BCUT2D eigenvalue weighted by atomic mass is 32.2. The molecule has 0 amide bonds. The van der Waals surface area contributed by atoms with Crippen LogP contribution in [-0.4, -0.2) is 28.7 Å². The maximum absolute atomic E-state index is 10.5. The van der Waals surface area contributed by atoms with Crippen molar-refractivity contribution in [3.05, 3.63) is 0 Å². The van der Waals surface area contributed by atoms with Gasteiger partial charge in [-0.05, 0) is 16.6 Å². The van der Waals surface area contributed by atoms with Crippen LogP contribution in [0.2, 0.25) is 16.6 Å². The lowest BCUT2D eigenvalue weighted by atomic mass is 10.5. The van der Waals surface area contributed by atoms with Gasteiger partial charge in [0, 0.05) is 0 Å². The minimum absolute atomic E-state index is 0.219. The highest BCUT2D eigenvalue weighted by molar-refractivity contribution is 7.71. The summed E-state index contributed by atoms with van der Waals surface area (Å²) < 4.78 is 27.0. The van der Waals surface area contributed by atoms with Crippen LogP contribution in [0.5, 0.6) is 0 Å². The number of hydrogen-bond donors (Lipinski definition) is 0. The van der Waals surface area contributed by atoms with Gasteiger partial charge in [-0.1, -0.05) is 41.5 Å². The summed E-state index contributed by atoms with van der Waals surface area (Å²) in [6, 6.07) is 0. The average Bonchev–Trinajstić information content (AvgIpc) is 2.09. The summed E-state index contributed by atoms with van der Waals surface area (Å²) >= 11 is 0. The molecule has 0 aliphatic rings. The van der Waals surface area contributed by atoms with Crippen molar-refractivity contribution in [3.63, 3.8) is 0 Å². The first-order valence-electron chi connectivity index (χ1n) is 5.80. The molecule has 5 heteroatoms. The van der Waals surface area contributed by atoms with Crippen LogP contribution in [0.3, 0.4) is 0 Å². The van der Waals surface area contributed by atoms with Crippen molar-refractivity contribution in [3.8, 4) is 0 Å². The molecule has 0 unspecified atom stereocenters. The van der Waals surface area contributed by atoms with Crippen molar-refractivity contribution in [2.45, 2.75) is 58.2 Å². The molecule has 0 aromatic carbocycles. The van der Waals surface area contributed by atoms with Crippen molar-refractivity contribution in [2.24, 2.45) is 0 Å². The molecule has 0 aromatic rings. The zero-order chi connectivity index (χ0) is 12.9. The fraction of sp³-hybridized carbons (Fsp3) is 0.909. The largest absolute Gasteiger partial charge is 0.411 e. The molecule has 0 saturated carbocycles. The molecule has 0 fully saturated rings. The fourth-order valence-corrected chi connectivity index (χ4v) is 8.41. The van der Waals surface area contributed by atoms with Gasteiger partial charge < -0.3 is 4.43 Å². The Bertz CT molecular complexity index is 301. The minimum atomic E-state index is -2.12. The zero-order valence-corrected chi connectivity index (χ0v) is 13.0. The third-order valence-corrected chi connectivity index (χ3v) is 9.73. The predicted molar refractivity (Wildman–Crippen MR) is 72.0 cm³/mol. The summed E-state index contributed by atoms with van der Waals surface area (Å²) in [6.07, 6.45) is 0. The number of hydrogen-bond acceptors (Lipinski definition) is 3. The van der Waals surface area contributed by atoms with Crippen molar-refractivity contribution in [1.29, 1.82) is 0 Å². The molecule has 0 aliphatic carbocycles. The summed E-state index contributed by atoms with van der Waals surface area (Å²) in [6.45, 7) is 13.3. The molecular formula is C11H24O3SSi. The maximum atomic E-state index is 10.5. The van der Waals surface area contributed by atoms with Gasteiger partial charge in [-0.15, -0.1) is 0 Å². The monoisotopic (exact) mass is 264 g/mol. The van der Waals surface area contributed by atoms with E-state index >= 15 is 0 Å². The molecule has 0 heterocycles. The van der Waals surface area contributed by atoms with E-state index in [0.717, 1.165) is 0 Å². The van der Waals surface area contributed by atoms with E-state index in [0.29, 0.717) is 16.6 Å². The van der Waals surface area contributed by atoms with E-state index in [1.54, 1.807) is 0 Å². The third-order valence-electron chi connectivity index (χ3n) is 3.24. The second kappa shape index (κ2) is 6.57. The molecule has 0 radical (unpaired) electrons. The lowest BCUT2D eigenvalue weighted by Crippen LogP contribution is -2.48. The Labute approximate surface area is 102 Å². The highest BCUT2D eigenvalue weighted by Gasteiger charge is 2.44. The molecule has 0 aromatic heterocycles. The molecule has 0 bridgehead atoms. The van der Waals surface area contributed by atoms with Crippen molar-refractivity contribution < 1.29 is 12.8 Å². The van der Waals surface area contributed by atoms with Crippen LogP contribution in [0, 0.1) is 0 Å². The SMILES string of the molecule is CC(C)[Si](OCC=S(=O)=O)(C(C)C)C(C)C. The second-order valence-electron chi connectivity index (χ2n) is 5.06. The van der Waals surface area contributed by atoms with Gasteiger partial charge in [0.25, 0.3) is 0 Å². The molecule has 0 aliphatic heterocycles. The van der Waals surface area contributed by atoms with Gasteiger partial charge in [-0.2, -0.15) is 8.42 Å². The van der Waals surface area contributed by atoms with Gasteiger partial charge in [-0.25, -0.2) is 0 Å². The standard InChI is InChI=1S/C11H24O3SSi/c1-9(2)16(10(3)4,11(5)6)14-7-8-15(12)13/h8-11H,7H2,1-6H3. The van der Waals surface area contributed by atoms with E-state index in [2.05, 4.69) is 41.5 Å². The summed E-state index contributed by atoms with van der Waals surface area (Å²) in [5, 5.41) is 1.20. The number of rotatable bonds is 6. The van der Waals surface area contributed by atoms with Gasteiger partial charge in [0.2, 0.25) is 18.6 Å². The van der Waals surface area contributed by atoms with Gasteiger partial charge in [-0.3, -0.25) is 0 Å². The van der Waals surface area contributed by atoms with Crippen molar-refractivity contribution in [1.82, 2.24) is 0 Å². The topological polar surface area (TPSA) is 43.4 Å². The predicted octanol–water partition coefficient (Wildman–Crippen LogP) is 2.86. The highest BCUT2D eigenvalue weighted by Crippen LogP contribution is 2.41. The molecule has 16 heavy (non-hydrogen) atoms. The second-order valence-corrected chi connectivity index (χ2v) is 11.4. The van der Waals surface area contributed by atoms with Gasteiger partial charge in [0.15, 0.2) is 0 Å². The van der Waals surface area contributed by atoms with Crippen LogP contribution in [0.1, 0.15) is 41.5 Å². The summed E-state index contributed by atoms with van der Waals surface area (Å²) in [5.74, 6) is 0. The normalized spacial score (nSPS) is 12.6. The molecule has 0 spiro atoms.